The molecule has 0 amide bonds. The average molecular weight is 298 g/mol. The molecule has 4 heteroatoms. The van der Waals surface area contributed by atoms with Gasteiger partial charge in [0.1, 0.15) is 6.61 Å². The summed E-state index contributed by atoms with van der Waals surface area (Å²) in [5.41, 5.74) is 1.22. The molecule has 0 saturated heterocycles. The molecule has 1 fully saturated rings. The van der Waals surface area contributed by atoms with Gasteiger partial charge in [0.05, 0.1) is 12.2 Å². The summed E-state index contributed by atoms with van der Waals surface area (Å²) in [7, 11) is 0. The van der Waals surface area contributed by atoms with Crippen LogP contribution in [0.15, 0.2) is 48.5 Å². The van der Waals surface area contributed by atoms with Crippen molar-refractivity contribution in [1.82, 2.24) is 0 Å². The van der Waals surface area contributed by atoms with Gasteiger partial charge in [0.25, 0.3) is 0 Å². The third kappa shape index (κ3) is 3.79. The van der Waals surface area contributed by atoms with Gasteiger partial charge >= 0.3 is 5.97 Å². The highest BCUT2D eigenvalue weighted by molar-refractivity contribution is 5.88. The molecule has 0 unspecified atom stereocenters. The molecule has 1 N–H and O–H groups in total. The molecule has 0 radical (unpaired) electrons. The van der Waals surface area contributed by atoms with Gasteiger partial charge in [-0.15, -0.1) is 0 Å². The maximum atomic E-state index is 11.1. The number of rotatable bonds is 7. The lowest BCUT2D eigenvalue weighted by atomic mass is 10.2. The molecule has 2 aromatic carbocycles. The molecule has 22 heavy (non-hydrogen) atoms. The van der Waals surface area contributed by atoms with Gasteiger partial charge < -0.3 is 14.6 Å². The monoisotopic (exact) mass is 298 g/mol. The number of carboxylic acid groups (broad SMARTS) is 1. The zero-order chi connectivity index (χ0) is 15.4. The van der Waals surface area contributed by atoms with Crippen molar-refractivity contribution in [1.29, 1.82) is 0 Å². The molecule has 0 spiro atoms. The molecule has 1 saturated carbocycles. The Labute approximate surface area is 129 Å². The number of benzene rings is 2. The van der Waals surface area contributed by atoms with Crippen LogP contribution in [0, 0.1) is 5.92 Å². The fraction of sp³-hybridized carbons (Fsp3) is 0.278. The van der Waals surface area contributed by atoms with E-state index in [1.165, 1.54) is 18.9 Å². The van der Waals surface area contributed by atoms with Gasteiger partial charge in [-0.3, -0.25) is 0 Å². The van der Waals surface area contributed by atoms with Crippen LogP contribution in [0.1, 0.15) is 28.8 Å². The van der Waals surface area contributed by atoms with Gasteiger partial charge in [-0.2, -0.15) is 0 Å². The zero-order valence-electron chi connectivity index (χ0n) is 12.2. The summed E-state index contributed by atoms with van der Waals surface area (Å²) in [5, 5.41) is 9.12. The lowest BCUT2D eigenvalue weighted by molar-refractivity contribution is 0.0696. The molecule has 0 atom stereocenters. The third-order valence-corrected chi connectivity index (χ3v) is 3.60. The molecule has 114 valence electrons. The summed E-state index contributed by atoms with van der Waals surface area (Å²) in [6.45, 7) is 1.04. The molecular weight excluding hydrogens is 280 g/mol. The number of hydrogen-bond donors (Lipinski definition) is 1. The molecule has 0 heterocycles. The standard InChI is InChI=1S/C18H18O4/c19-18(20)15-8-9-16(21-12-14-6-7-14)17(10-15)22-11-13-4-2-1-3-5-13/h1-5,8-10,14H,6-7,11-12H2,(H,19,20). The van der Waals surface area contributed by atoms with E-state index in [-0.39, 0.29) is 5.56 Å². The third-order valence-electron chi connectivity index (χ3n) is 3.60. The molecular formula is C18H18O4. The molecule has 4 nitrogen and oxygen atoms in total. The Morgan fingerprint density at radius 2 is 1.82 bits per heavy atom. The summed E-state index contributed by atoms with van der Waals surface area (Å²) >= 11 is 0. The molecule has 2 aromatic rings. The van der Waals surface area contributed by atoms with Crippen LogP contribution in [-0.4, -0.2) is 17.7 Å². The van der Waals surface area contributed by atoms with Crippen LogP contribution in [0.5, 0.6) is 11.5 Å². The van der Waals surface area contributed by atoms with Crippen LogP contribution in [0.3, 0.4) is 0 Å². The van der Waals surface area contributed by atoms with E-state index in [1.807, 2.05) is 30.3 Å². The average Bonchev–Trinajstić information content (AvgIpc) is 3.36. The second-order valence-electron chi connectivity index (χ2n) is 5.50. The van der Waals surface area contributed by atoms with Crippen LogP contribution in [0.2, 0.25) is 0 Å². The van der Waals surface area contributed by atoms with E-state index in [4.69, 9.17) is 14.6 Å². The van der Waals surface area contributed by atoms with Crippen molar-refractivity contribution >= 4 is 5.97 Å². The Morgan fingerprint density at radius 3 is 2.50 bits per heavy atom. The Hall–Kier alpha value is -2.49. The van der Waals surface area contributed by atoms with Crippen LogP contribution in [-0.2, 0) is 6.61 Å². The lowest BCUT2D eigenvalue weighted by Gasteiger charge is -2.13. The van der Waals surface area contributed by atoms with Crippen molar-refractivity contribution in [2.75, 3.05) is 6.61 Å². The molecule has 0 bridgehead atoms. The van der Waals surface area contributed by atoms with Crippen molar-refractivity contribution < 1.29 is 19.4 Å². The van der Waals surface area contributed by atoms with Crippen LogP contribution >= 0.6 is 0 Å². The van der Waals surface area contributed by atoms with E-state index in [0.29, 0.717) is 30.6 Å². The van der Waals surface area contributed by atoms with Crippen molar-refractivity contribution in [3.05, 3.63) is 59.7 Å². The smallest absolute Gasteiger partial charge is 0.335 e. The second kappa shape index (κ2) is 6.52. The minimum absolute atomic E-state index is 0.196. The summed E-state index contributed by atoms with van der Waals surface area (Å²) in [6.07, 6.45) is 2.40. The predicted molar refractivity (Wildman–Crippen MR) is 82.4 cm³/mol. The van der Waals surface area contributed by atoms with Gasteiger partial charge in [-0.1, -0.05) is 30.3 Å². The van der Waals surface area contributed by atoms with E-state index in [0.717, 1.165) is 5.56 Å². The molecule has 1 aliphatic rings. The SMILES string of the molecule is O=C(O)c1ccc(OCC2CC2)c(OCc2ccccc2)c1. The van der Waals surface area contributed by atoms with Crippen LogP contribution in [0.25, 0.3) is 0 Å². The number of aromatic carboxylic acids is 1. The number of ether oxygens (including phenoxy) is 2. The highest BCUT2D eigenvalue weighted by Crippen LogP contribution is 2.33. The molecule has 0 aliphatic heterocycles. The Kier molecular flexibility index (Phi) is 4.28. The quantitative estimate of drug-likeness (QED) is 0.845. The van der Waals surface area contributed by atoms with Crippen molar-refractivity contribution in [2.45, 2.75) is 19.4 Å². The molecule has 0 aromatic heterocycles. The van der Waals surface area contributed by atoms with Gasteiger partial charge in [0.2, 0.25) is 0 Å². The topological polar surface area (TPSA) is 55.8 Å². The highest BCUT2D eigenvalue weighted by Gasteiger charge is 2.22. The van der Waals surface area contributed by atoms with E-state index in [1.54, 1.807) is 12.1 Å². The Bertz CT molecular complexity index is 647. The first-order valence-electron chi connectivity index (χ1n) is 7.39. The number of carboxylic acids is 1. The Morgan fingerprint density at radius 1 is 1.05 bits per heavy atom. The van der Waals surface area contributed by atoms with E-state index in [2.05, 4.69) is 0 Å². The van der Waals surface area contributed by atoms with Crippen molar-refractivity contribution in [2.24, 2.45) is 5.92 Å². The van der Waals surface area contributed by atoms with Gasteiger partial charge in [-0.25, -0.2) is 4.79 Å². The normalized spacial score (nSPS) is 13.6. The highest BCUT2D eigenvalue weighted by atomic mass is 16.5. The fourth-order valence-electron chi connectivity index (χ4n) is 2.10. The maximum absolute atomic E-state index is 11.1. The van der Waals surface area contributed by atoms with Crippen molar-refractivity contribution in [3.8, 4) is 11.5 Å². The van der Waals surface area contributed by atoms with Gasteiger partial charge in [0, 0.05) is 0 Å². The van der Waals surface area contributed by atoms with Crippen LogP contribution < -0.4 is 9.47 Å². The molecule has 3 rings (SSSR count). The Balaban J connectivity index is 1.74. The van der Waals surface area contributed by atoms with E-state index >= 15 is 0 Å². The minimum atomic E-state index is -0.974. The summed E-state index contributed by atoms with van der Waals surface area (Å²) < 4.78 is 11.5. The molecule has 1 aliphatic carbocycles. The van der Waals surface area contributed by atoms with Gasteiger partial charge in [0.15, 0.2) is 11.5 Å². The number of carbonyl (C=O) groups is 1. The van der Waals surface area contributed by atoms with Gasteiger partial charge in [-0.05, 0) is 42.5 Å². The number of hydrogen-bond acceptors (Lipinski definition) is 3. The largest absolute Gasteiger partial charge is 0.489 e. The summed E-state index contributed by atoms with van der Waals surface area (Å²) in [4.78, 5) is 11.1. The summed E-state index contributed by atoms with van der Waals surface area (Å²) in [5.74, 6) is 0.733. The first kappa shape index (κ1) is 14.4. The first-order chi connectivity index (χ1) is 10.7. The van der Waals surface area contributed by atoms with Crippen molar-refractivity contribution in [3.63, 3.8) is 0 Å². The van der Waals surface area contributed by atoms with E-state index in [9.17, 15) is 4.79 Å². The zero-order valence-corrected chi connectivity index (χ0v) is 12.2. The minimum Gasteiger partial charge on any atom is -0.489 e. The first-order valence-corrected chi connectivity index (χ1v) is 7.39. The van der Waals surface area contributed by atoms with Crippen LogP contribution in [0.4, 0.5) is 0 Å². The van der Waals surface area contributed by atoms with E-state index < -0.39 is 5.97 Å². The lowest BCUT2D eigenvalue weighted by Crippen LogP contribution is -2.04. The fourth-order valence-corrected chi connectivity index (χ4v) is 2.10. The second-order valence-corrected chi connectivity index (χ2v) is 5.50. The maximum Gasteiger partial charge on any atom is 0.335 e. The summed E-state index contributed by atoms with van der Waals surface area (Å²) in [6, 6.07) is 14.5. The predicted octanol–water partition coefficient (Wildman–Crippen LogP) is 3.75.